The summed E-state index contributed by atoms with van der Waals surface area (Å²) in [5, 5.41) is 0.913. The number of benzene rings is 2. The highest BCUT2D eigenvalue weighted by atomic mass is 35.5. The molecule has 0 aliphatic carbocycles. The molecule has 10 heteroatoms. The number of piperazine rings is 1. The summed E-state index contributed by atoms with van der Waals surface area (Å²) in [6, 6.07) is 12.8. The number of fused-ring (bicyclic) bond motifs is 1. The van der Waals surface area contributed by atoms with Crippen LogP contribution in [0.5, 0.6) is 5.75 Å². The van der Waals surface area contributed by atoms with Crippen molar-refractivity contribution in [3.05, 3.63) is 69.5 Å². The predicted octanol–water partition coefficient (Wildman–Crippen LogP) is 2.60. The summed E-state index contributed by atoms with van der Waals surface area (Å²) in [5.41, 5.74) is -0.399. The van der Waals surface area contributed by atoms with Gasteiger partial charge in [-0.2, -0.15) is 4.31 Å². The lowest BCUT2D eigenvalue weighted by Crippen LogP contribution is -2.51. The lowest BCUT2D eigenvalue weighted by atomic mass is 10.1. The second kappa shape index (κ2) is 8.33. The largest absolute Gasteiger partial charge is 0.495 e. The second-order valence-electron chi connectivity index (χ2n) is 6.98. The number of rotatable bonds is 4. The van der Waals surface area contributed by atoms with Gasteiger partial charge in [0.25, 0.3) is 5.91 Å². The molecule has 0 bridgehead atoms. The van der Waals surface area contributed by atoms with E-state index in [1.165, 1.54) is 34.5 Å². The third-order valence-electron chi connectivity index (χ3n) is 5.14. The van der Waals surface area contributed by atoms with Crippen molar-refractivity contribution in [2.24, 2.45) is 0 Å². The van der Waals surface area contributed by atoms with Crippen molar-refractivity contribution in [2.75, 3.05) is 33.3 Å². The Kier molecular flexibility index (Phi) is 5.74. The van der Waals surface area contributed by atoms with Gasteiger partial charge in [-0.25, -0.2) is 13.2 Å². The number of nitrogens with zero attached hydrogens (tertiary/aromatic N) is 2. The third kappa shape index (κ3) is 4.04. The van der Waals surface area contributed by atoms with Crippen LogP contribution in [0, 0.1) is 0 Å². The van der Waals surface area contributed by atoms with Crippen LogP contribution >= 0.6 is 11.6 Å². The van der Waals surface area contributed by atoms with Gasteiger partial charge in [-0.05, 0) is 30.3 Å². The van der Waals surface area contributed by atoms with E-state index < -0.39 is 21.6 Å². The third-order valence-corrected chi connectivity index (χ3v) is 7.30. The molecule has 1 fully saturated rings. The summed E-state index contributed by atoms with van der Waals surface area (Å²) >= 11 is 5.98. The minimum Gasteiger partial charge on any atom is -0.495 e. The number of sulfonamides is 1. The molecular weight excluding hydrogens is 444 g/mol. The standard InChI is InChI=1S/C21H19ClN2O6S/c1-29-18-7-6-15(22)13-19(18)31(27,28)24-10-8-23(9-11-24)20(25)16-12-14-4-2-3-5-17(14)30-21(16)26/h2-7,12-13H,8-11H2,1H3. The van der Waals surface area contributed by atoms with Crippen molar-refractivity contribution >= 4 is 38.5 Å². The van der Waals surface area contributed by atoms with E-state index >= 15 is 0 Å². The number of para-hydroxylation sites is 1. The Morgan fingerprint density at radius 1 is 1.06 bits per heavy atom. The van der Waals surface area contributed by atoms with Gasteiger partial charge >= 0.3 is 5.63 Å². The van der Waals surface area contributed by atoms with E-state index in [1.807, 2.05) is 0 Å². The summed E-state index contributed by atoms with van der Waals surface area (Å²) in [6.07, 6.45) is 0. The topological polar surface area (TPSA) is 97.1 Å². The van der Waals surface area contributed by atoms with Crippen LogP contribution < -0.4 is 10.4 Å². The van der Waals surface area contributed by atoms with E-state index in [9.17, 15) is 18.0 Å². The second-order valence-corrected chi connectivity index (χ2v) is 9.32. The Balaban J connectivity index is 1.54. The first-order valence-electron chi connectivity index (χ1n) is 9.47. The fourth-order valence-electron chi connectivity index (χ4n) is 3.50. The first kappa shape index (κ1) is 21.4. The Hall–Kier alpha value is -2.88. The van der Waals surface area contributed by atoms with Crippen molar-refractivity contribution in [3.8, 4) is 5.75 Å². The van der Waals surface area contributed by atoms with Gasteiger partial charge in [-0.1, -0.05) is 29.8 Å². The van der Waals surface area contributed by atoms with E-state index in [4.69, 9.17) is 20.8 Å². The summed E-state index contributed by atoms with van der Waals surface area (Å²) in [5.74, 6) is -0.298. The molecule has 2 aromatic carbocycles. The predicted molar refractivity (Wildman–Crippen MR) is 115 cm³/mol. The molecule has 0 spiro atoms. The van der Waals surface area contributed by atoms with Crippen molar-refractivity contribution < 1.29 is 22.4 Å². The molecule has 1 aliphatic rings. The molecule has 162 valence electrons. The first-order valence-corrected chi connectivity index (χ1v) is 11.3. The van der Waals surface area contributed by atoms with E-state index in [0.717, 1.165) is 0 Å². The zero-order chi connectivity index (χ0) is 22.2. The van der Waals surface area contributed by atoms with Gasteiger partial charge < -0.3 is 14.1 Å². The molecule has 4 rings (SSSR count). The van der Waals surface area contributed by atoms with Crippen LogP contribution in [-0.4, -0.2) is 56.8 Å². The highest BCUT2D eigenvalue weighted by Crippen LogP contribution is 2.30. The van der Waals surface area contributed by atoms with Crippen LogP contribution in [0.3, 0.4) is 0 Å². The maximum Gasteiger partial charge on any atom is 0.349 e. The van der Waals surface area contributed by atoms with Gasteiger partial charge in [0, 0.05) is 36.6 Å². The minimum absolute atomic E-state index is 0.0301. The van der Waals surface area contributed by atoms with Gasteiger partial charge in [0.2, 0.25) is 10.0 Å². The van der Waals surface area contributed by atoms with Crippen molar-refractivity contribution in [1.29, 1.82) is 0 Å². The van der Waals surface area contributed by atoms with Crippen molar-refractivity contribution in [3.63, 3.8) is 0 Å². The molecule has 31 heavy (non-hydrogen) atoms. The monoisotopic (exact) mass is 462 g/mol. The highest BCUT2D eigenvalue weighted by Gasteiger charge is 2.33. The van der Waals surface area contributed by atoms with E-state index in [0.29, 0.717) is 11.0 Å². The molecule has 2 heterocycles. The number of halogens is 1. The Labute approximate surface area is 183 Å². The van der Waals surface area contributed by atoms with Gasteiger partial charge in [0.05, 0.1) is 7.11 Å². The quantitative estimate of drug-likeness (QED) is 0.553. The average Bonchev–Trinajstić information content (AvgIpc) is 2.78. The Morgan fingerprint density at radius 2 is 1.77 bits per heavy atom. The molecule has 1 saturated heterocycles. The van der Waals surface area contributed by atoms with Gasteiger partial charge in [-0.15, -0.1) is 0 Å². The number of methoxy groups -OCH3 is 1. The number of carbonyl (C=O) groups excluding carboxylic acids is 1. The van der Waals surface area contributed by atoms with Gasteiger partial charge in [0.1, 0.15) is 21.8 Å². The molecule has 1 aromatic heterocycles. The van der Waals surface area contributed by atoms with Gasteiger partial charge in [0.15, 0.2) is 0 Å². The number of ether oxygens (including phenoxy) is 1. The molecule has 0 saturated carbocycles. The molecule has 8 nitrogen and oxygen atoms in total. The van der Waals surface area contributed by atoms with Crippen LogP contribution in [0.4, 0.5) is 0 Å². The number of hydrogen-bond acceptors (Lipinski definition) is 6. The summed E-state index contributed by atoms with van der Waals surface area (Å²) in [6.45, 7) is 0.408. The Morgan fingerprint density at radius 3 is 2.48 bits per heavy atom. The van der Waals surface area contributed by atoms with Crippen LogP contribution in [0.2, 0.25) is 5.02 Å². The highest BCUT2D eigenvalue weighted by molar-refractivity contribution is 7.89. The molecule has 0 N–H and O–H groups in total. The van der Waals surface area contributed by atoms with Crippen LogP contribution in [0.1, 0.15) is 10.4 Å². The molecule has 1 amide bonds. The fraction of sp³-hybridized carbons (Fsp3) is 0.238. The zero-order valence-electron chi connectivity index (χ0n) is 16.6. The van der Waals surface area contributed by atoms with Crippen molar-refractivity contribution in [1.82, 2.24) is 9.21 Å². The number of amides is 1. The van der Waals surface area contributed by atoms with E-state index in [1.54, 1.807) is 30.3 Å². The Bertz CT molecular complexity index is 1310. The average molecular weight is 463 g/mol. The number of hydrogen-bond donors (Lipinski definition) is 0. The van der Waals surface area contributed by atoms with Crippen LogP contribution in [0.15, 0.2) is 62.6 Å². The summed E-state index contributed by atoms with van der Waals surface area (Å²) in [4.78, 5) is 26.6. The SMILES string of the molecule is COc1ccc(Cl)cc1S(=O)(=O)N1CCN(C(=O)c2cc3ccccc3oc2=O)CC1. The summed E-state index contributed by atoms with van der Waals surface area (Å²) < 4.78 is 37.8. The lowest BCUT2D eigenvalue weighted by Gasteiger charge is -2.34. The van der Waals surface area contributed by atoms with E-state index in [2.05, 4.69) is 0 Å². The smallest absolute Gasteiger partial charge is 0.349 e. The minimum atomic E-state index is -3.87. The first-order chi connectivity index (χ1) is 14.8. The molecule has 0 atom stereocenters. The van der Waals surface area contributed by atoms with Crippen LogP contribution in [0.25, 0.3) is 11.0 Å². The van der Waals surface area contributed by atoms with Gasteiger partial charge in [-0.3, -0.25) is 4.79 Å². The molecule has 0 radical (unpaired) electrons. The molecule has 1 aliphatic heterocycles. The maximum absolute atomic E-state index is 13.1. The molecule has 0 unspecified atom stereocenters. The van der Waals surface area contributed by atoms with Crippen LogP contribution in [-0.2, 0) is 10.0 Å². The zero-order valence-corrected chi connectivity index (χ0v) is 18.1. The molecular formula is C21H19ClN2O6S. The lowest BCUT2D eigenvalue weighted by molar-refractivity contribution is 0.0693. The fourth-order valence-corrected chi connectivity index (χ4v) is 5.34. The molecule has 3 aromatic rings. The maximum atomic E-state index is 13.1. The number of carbonyl (C=O) groups is 1. The van der Waals surface area contributed by atoms with E-state index in [-0.39, 0.29) is 47.4 Å². The summed E-state index contributed by atoms with van der Waals surface area (Å²) in [7, 11) is -2.49. The normalized spacial score (nSPS) is 15.2. The van der Waals surface area contributed by atoms with Crippen molar-refractivity contribution in [2.45, 2.75) is 4.90 Å².